The third-order valence-corrected chi connectivity index (χ3v) is 7.68. The van der Waals surface area contributed by atoms with Crippen molar-refractivity contribution >= 4 is 16.9 Å². The number of carbonyl (C=O) groups excluding carboxylic acids is 1. The number of para-hydroxylation sites is 1. The number of hydrogen-bond acceptors (Lipinski definition) is 8. The van der Waals surface area contributed by atoms with Crippen molar-refractivity contribution in [2.24, 2.45) is 0 Å². The number of carbonyl (C=O) groups is 1. The Balaban J connectivity index is 1.37. The highest BCUT2D eigenvalue weighted by molar-refractivity contribution is 5.90. The van der Waals surface area contributed by atoms with E-state index in [0.717, 1.165) is 16.9 Å². The summed E-state index contributed by atoms with van der Waals surface area (Å²) in [5.74, 6) is 2.07. The molecule has 1 aromatic heterocycles. The van der Waals surface area contributed by atoms with E-state index in [-0.39, 0.29) is 17.8 Å². The molecule has 218 valence electrons. The number of fused-ring (bicyclic) bond motifs is 3. The SMILES string of the molecule is COc1ccc(CCOc2ccccc2C2CC(=O)Oc3ccc4c(=O)c(-c5ccc(OC)c(OC)c5)coc4c32)cc1. The second-order valence-corrected chi connectivity index (χ2v) is 10.1. The summed E-state index contributed by atoms with van der Waals surface area (Å²) in [6, 6.07) is 24.0. The third kappa shape index (κ3) is 5.39. The summed E-state index contributed by atoms with van der Waals surface area (Å²) in [6.45, 7) is 0.437. The molecule has 1 aliphatic heterocycles. The van der Waals surface area contributed by atoms with Gasteiger partial charge in [0.25, 0.3) is 0 Å². The zero-order valence-electron chi connectivity index (χ0n) is 24.0. The lowest BCUT2D eigenvalue weighted by Gasteiger charge is -2.27. The Labute approximate surface area is 248 Å². The molecule has 0 aliphatic carbocycles. The van der Waals surface area contributed by atoms with Crippen molar-refractivity contribution in [2.75, 3.05) is 27.9 Å². The summed E-state index contributed by atoms with van der Waals surface area (Å²) in [6.07, 6.45) is 2.21. The van der Waals surface area contributed by atoms with Crippen LogP contribution in [0, 0.1) is 0 Å². The van der Waals surface area contributed by atoms with Crippen LogP contribution in [-0.2, 0) is 11.2 Å². The Hall–Kier alpha value is -5.24. The van der Waals surface area contributed by atoms with Gasteiger partial charge in [-0.3, -0.25) is 9.59 Å². The predicted molar refractivity (Wildman–Crippen MR) is 162 cm³/mol. The Morgan fingerprint density at radius 1 is 0.814 bits per heavy atom. The lowest BCUT2D eigenvalue weighted by atomic mass is 9.84. The molecule has 0 radical (unpaired) electrons. The molecule has 0 amide bonds. The van der Waals surface area contributed by atoms with Crippen LogP contribution in [0.1, 0.15) is 29.0 Å². The summed E-state index contributed by atoms with van der Waals surface area (Å²) in [5.41, 5.74) is 3.73. The summed E-state index contributed by atoms with van der Waals surface area (Å²) < 4.78 is 34.1. The van der Waals surface area contributed by atoms with Crippen molar-refractivity contribution in [1.82, 2.24) is 0 Å². The second kappa shape index (κ2) is 11.9. The van der Waals surface area contributed by atoms with Crippen LogP contribution in [0.15, 0.2) is 94.3 Å². The van der Waals surface area contributed by atoms with E-state index in [1.807, 2.05) is 48.5 Å². The first-order valence-electron chi connectivity index (χ1n) is 13.9. The van der Waals surface area contributed by atoms with Crippen molar-refractivity contribution in [1.29, 1.82) is 0 Å². The van der Waals surface area contributed by atoms with Crippen LogP contribution in [0.25, 0.3) is 22.1 Å². The average Bonchev–Trinajstić information content (AvgIpc) is 3.04. The Kier molecular flexibility index (Phi) is 7.75. The first-order valence-corrected chi connectivity index (χ1v) is 13.9. The molecule has 43 heavy (non-hydrogen) atoms. The zero-order chi connectivity index (χ0) is 29.9. The molecule has 1 aliphatic rings. The molecule has 6 rings (SSSR count). The highest BCUT2D eigenvalue weighted by Crippen LogP contribution is 2.45. The molecule has 0 N–H and O–H groups in total. The van der Waals surface area contributed by atoms with Gasteiger partial charge in [-0.05, 0) is 53.6 Å². The lowest BCUT2D eigenvalue weighted by molar-refractivity contribution is -0.135. The van der Waals surface area contributed by atoms with Crippen LogP contribution in [0.3, 0.4) is 0 Å². The van der Waals surface area contributed by atoms with Gasteiger partial charge < -0.3 is 28.1 Å². The van der Waals surface area contributed by atoms with E-state index in [1.165, 1.54) is 6.26 Å². The molecule has 2 heterocycles. The maximum atomic E-state index is 13.8. The molecule has 8 nitrogen and oxygen atoms in total. The quantitative estimate of drug-likeness (QED) is 0.144. The largest absolute Gasteiger partial charge is 0.497 e. The van der Waals surface area contributed by atoms with E-state index in [4.69, 9.17) is 28.1 Å². The van der Waals surface area contributed by atoms with Crippen molar-refractivity contribution < 1.29 is 32.9 Å². The Morgan fingerprint density at radius 2 is 1.60 bits per heavy atom. The first kappa shape index (κ1) is 27.9. The number of methoxy groups -OCH3 is 3. The van der Waals surface area contributed by atoms with Crippen LogP contribution >= 0.6 is 0 Å². The van der Waals surface area contributed by atoms with Gasteiger partial charge in [-0.15, -0.1) is 0 Å². The molecular weight excluding hydrogens is 548 g/mol. The van der Waals surface area contributed by atoms with E-state index in [9.17, 15) is 9.59 Å². The summed E-state index contributed by atoms with van der Waals surface area (Å²) >= 11 is 0. The van der Waals surface area contributed by atoms with E-state index < -0.39 is 5.92 Å². The molecule has 0 bridgehead atoms. The molecule has 0 fully saturated rings. The maximum absolute atomic E-state index is 13.8. The summed E-state index contributed by atoms with van der Waals surface area (Å²) in [5, 5.41) is 0.381. The van der Waals surface area contributed by atoms with Gasteiger partial charge in [0, 0.05) is 23.5 Å². The van der Waals surface area contributed by atoms with Gasteiger partial charge in [0.1, 0.15) is 29.1 Å². The highest BCUT2D eigenvalue weighted by Gasteiger charge is 2.34. The number of rotatable bonds is 9. The van der Waals surface area contributed by atoms with E-state index >= 15 is 0 Å². The summed E-state index contributed by atoms with van der Waals surface area (Å²) in [4.78, 5) is 26.5. The van der Waals surface area contributed by atoms with E-state index in [1.54, 1.807) is 51.7 Å². The number of hydrogen-bond donors (Lipinski definition) is 0. The first-order chi connectivity index (χ1) is 21.0. The van der Waals surface area contributed by atoms with Gasteiger partial charge in [0.2, 0.25) is 5.43 Å². The Bertz CT molecular complexity index is 1860. The van der Waals surface area contributed by atoms with Crippen molar-refractivity contribution in [3.8, 4) is 39.9 Å². The van der Waals surface area contributed by atoms with E-state index in [0.29, 0.717) is 63.7 Å². The van der Waals surface area contributed by atoms with Gasteiger partial charge in [0.15, 0.2) is 11.5 Å². The fraction of sp³-hybridized carbons (Fsp3) is 0.200. The highest BCUT2D eigenvalue weighted by atomic mass is 16.5. The third-order valence-electron chi connectivity index (χ3n) is 7.68. The molecule has 0 saturated carbocycles. The maximum Gasteiger partial charge on any atom is 0.312 e. The predicted octanol–water partition coefficient (Wildman–Crippen LogP) is 6.55. The smallest absolute Gasteiger partial charge is 0.312 e. The van der Waals surface area contributed by atoms with Crippen molar-refractivity contribution in [3.63, 3.8) is 0 Å². The van der Waals surface area contributed by atoms with Crippen LogP contribution in [-0.4, -0.2) is 33.9 Å². The molecular formula is C35H30O8. The van der Waals surface area contributed by atoms with Gasteiger partial charge >= 0.3 is 5.97 Å². The molecule has 5 aromatic rings. The minimum absolute atomic E-state index is 0.0755. The molecule has 1 atom stereocenters. The number of ether oxygens (including phenoxy) is 5. The van der Waals surface area contributed by atoms with Crippen molar-refractivity contribution in [2.45, 2.75) is 18.8 Å². The van der Waals surface area contributed by atoms with Crippen LogP contribution in [0.4, 0.5) is 0 Å². The molecule has 0 saturated heterocycles. The average molecular weight is 579 g/mol. The standard InChI is InChI=1S/C35H30O8/c1-38-23-11-8-21(9-12-23)16-17-41-28-7-5-4-6-24(28)26-19-32(36)43-30-15-13-25-34(37)27(20-42-35(25)33(26)30)22-10-14-29(39-2)31(18-22)40-3/h4-15,18,20,26H,16-17,19H2,1-3H3. The summed E-state index contributed by atoms with van der Waals surface area (Å²) in [7, 11) is 4.73. The van der Waals surface area contributed by atoms with Crippen LogP contribution in [0.5, 0.6) is 28.7 Å². The van der Waals surface area contributed by atoms with Crippen molar-refractivity contribution in [3.05, 3.63) is 112 Å². The topological polar surface area (TPSA) is 93.4 Å². The lowest BCUT2D eigenvalue weighted by Crippen LogP contribution is -2.22. The zero-order valence-corrected chi connectivity index (χ0v) is 24.0. The Morgan fingerprint density at radius 3 is 2.37 bits per heavy atom. The fourth-order valence-corrected chi connectivity index (χ4v) is 5.49. The fourth-order valence-electron chi connectivity index (χ4n) is 5.49. The van der Waals surface area contributed by atoms with Gasteiger partial charge in [-0.1, -0.05) is 36.4 Å². The number of benzene rings is 4. The molecule has 0 spiro atoms. The molecule has 1 unspecified atom stereocenters. The minimum Gasteiger partial charge on any atom is -0.497 e. The normalized spacial score (nSPS) is 14.1. The van der Waals surface area contributed by atoms with Crippen LogP contribution in [0.2, 0.25) is 0 Å². The number of esters is 1. The second-order valence-electron chi connectivity index (χ2n) is 10.1. The van der Waals surface area contributed by atoms with Gasteiger partial charge in [-0.25, -0.2) is 0 Å². The van der Waals surface area contributed by atoms with Gasteiger partial charge in [-0.2, -0.15) is 0 Å². The minimum atomic E-state index is -0.438. The van der Waals surface area contributed by atoms with Gasteiger partial charge in [0.05, 0.1) is 45.3 Å². The van der Waals surface area contributed by atoms with E-state index in [2.05, 4.69) is 0 Å². The monoisotopic (exact) mass is 578 g/mol. The van der Waals surface area contributed by atoms with Crippen LogP contribution < -0.4 is 29.1 Å². The molecule has 4 aromatic carbocycles. The molecule has 8 heteroatoms.